The van der Waals surface area contributed by atoms with E-state index in [1.54, 1.807) is 0 Å². The molecule has 0 saturated carbocycles. The molecule has 0 bridgehead atoms. The lowest BCUT2D eigenvalue weighted by Crippen LogP contribution is -2.07. The summed E-state index contributed by atoms with van der Waals surface area (Å²) in [5.41, 5.74) is 2.22. The Kier molecular flexibility index (Phi) is 3.84. The zero-order valence-electron chi connectivity index (χ0n) is 9.44. The molecule has 0 fully saturated rings. The van der Waals surface area contributed by atoms with Gasteiger partial charge >= 0.3 is 0 Å². The summed E-state index contributed by atoms with van der Waals surface area (Å²) < 4.78 is 0. The van der Waals surface area contributed by atoms with Gasteiger partial charge in [-0.05, 0) is 29.8 Å². The summed E-state index contributed by atoms with van der Waals surface area (Å²) in [5, 5.41) is 4.14. The molecule has 2 aromatic rings. The lowest BCUT2D eigenvalue weighted by atomic mass is 10.1. The lowest BCUT2D eigenvalue weighted by Gasteiger charge is -2.16. The first-order valence-corrected chi connectivity index (χ1v) is 5.87. The van der Waals surface area contributed by atoms with E-state index < -0.39 is 0 Å². The number of rotatable bonds is 4. The van der Waals surface area contributed by atoms with Crippen molar-refractivity contribution >= 4 is 17.3 Å². The van der Waals surface area contributed by atoms with E-state index in [0.717, 1.165) is 10.7 Å². The Morgan fingerprint density at radius 3 is 2.24 bits per heavy atom. The summed E-state index contributed by atoms with van der Waals surface area (Å²) in [7, 11) is 0. The number of benzene rings is 2. The normalized spacial score (nSPS) is 11.8. The van der Waals surface area contributed by atoms with E-state index in [4.69, 9.17) is 11.6 Å². The highest BCUT2D eigenvalue weighted by atomic mass is 35.5. The minimum absolute atomic E-state index is 0.109. The molecule has 0 aromatic heterocycles. The van der Waals surface area contributed by atoms with Crippen LogP contribution in [0.2, 0.25) is 5.02 Å². The van der Waals surface area contributed by atoms with Gasteiger partial charge in [0.05, 0.1) is 6.04 Å². The molecule has 1 unspecified atom stereocenters. The molecule has 86 valence electrons. The van der Waals surface area contributed by atoms with Crippen LogP contribution < -0.4 is 5.32 Å². The van der Waals surface area contributed by atoms with E-state index in [1.165, 1.54) is 5.56 Å². The van der Waals surface area contributed by atoms with Crippen molar-refractivity contribution in [3.8, 4) is 0 Å². The van der Waals surface area contributed by atoms with Gasteiger partial charge in [0.25, 0.3) is 0 Å². The van der Waals surface area contributed by atoms with Gasteiger partial charge in [0.1, 0.15) is 0 Å². The van der Waals surface area contributed by atoms with Gasteiger partial charge in [-0.3, -0.25) is 0 Å². The monoisotopic (exact) mass is 243 g/mol. The summed E-state index contributed by atoms with van der Waals surface area (Å²) in [4.78, 5) is 0. The molecule has 0 radical (unpaired) electrons. The molecule has 0 aliphatic carbocycles. The largest absolute Gasteiger partial charge is 0.375 e. The van der Waals surface area contributed by atoms with Crippen LogP contribution >= 0.6 is 11.6 Å². The standard InChI is InChI=1S/C15H14ClN/c1-2-15(12-6-4-3-5-7-12)17-14-10-8-13(16)9-11-14/h2-11,15,17H,1H2. The number of anilines is 1. The van der Waals surface area contributed by atoms with Crippen LogP contribution in [-0.4, -0.2) is 0 Å². The highest BCUT2D eigenvalue weighted by molar-refractivity contribution is 6.30. The van der Waals surface area contributed by atoms with E-state index in [0.29, 0.717) is 0 Å². The molecule has 0 spiro atoms. The summed E-state index contributed by atoms with van der Waals surface area (Å²) in [5.74, 6) is 0. The maximum Gasteiger partial charge on any atom is 0.0695 e. The predicted molar refractivity (Wildman–Crippen MR) is 74.5 cm³/mol. The fourth-order valence-corrected chi connectivity index (χ4v) is 1.79. The second-order valence-electron chi connectivity index (χ2n) is 3.78. The first-order chi connectivity index (χ1) is 8.29. The fourth-order valence-electron chi connectivity index (χ4n) is 1.66. The van der Waals surface area contributed by atoms with Crippen LogP contribution in [0.15, 0.2) is 67.3 Å². The Labute approximate surface area is 107 Å². The van der Waals surface area contributed by atoms with Crippen molar-refractivity contribution in [2.75, 3.05) is 5.32 Å². The van der Waals surface area contributed by atoms with Crippen molar-refractivity contribution in [1.82, 2.24) is 0 Å². The number of halogens is 1. The molecule has 2 heteroatoms. The van der Waals surface area contributed by atoms with Crippen molar-refractivity contribution in [2.24, 2.45) is 0 Å². The third-order valence-electron chi connectivity index (χ3n) is 2.56. The van der Waals surface area contributed by atoms with Gasteiger partial charge in [0.2, 0.25) is 0 Å². The minimum Gasteiger partial charge on any atom is -0.375 e. The Morgan fingerprint density at radius 2 is 1.65 bits per heavy atom. The highest BCUT2D eigenvalue weighted by Gasteiger charge is 2.05. The van der Waals surface area contributed by atoms with Crippen molar-refractivity contribution in [3.05, 3.63) is 77.8 Å². The van der Waals surface area contributed by atoms with Gasteiger partial charge in [-0.1, -0.05) is 48.0 Å². The summed E-state index contributed by atoms with van der Waals surface area (Å²) in [6.07, 6.45) is 1.89. The van der Waals surface area contributed by atoms with E-state index >= 15 is 0 Å². The highest BCUT2D eigenvalue weighted by Crippen LogP contribution is 2.21. The van der Waals surface area contributed by atoms with Gasteiger partial charge in [-0.2, -0.15) is 0 Å². The lowest BCUT2D eigenvalue weighted by molar-refractivity contribution is 0.988. The van der Waals surface area contributed by atoms with Gasteiger partial charge in [0, 0.05) is 10.7 Å². The van der Waals surface area contributed by atoms with Gasteiger partial charge in [-0.25, -0.2) is 0 Å². The molecule has 1 nitrogen and oxygen atoms in total. The Balaban J connectivity index is 2.16. The molecule has 0 amide bonds. The summed E-state index contributed by atoms with van der Waals surface area (Å²) in [6.45, 7) is 3.86. The first-order valence-electron chi connectivity index (χ1n) is 5.49. The molecular weight excluding hydrogens is 230 g/mol. The second-order valence-corrected chi connectivity index (χ2v) is 4.21. The molecule has 0 heterocycles. The van der Waals surface area contributed by atoms with Crippen LogP contribution in [-0.2, 0) is 0 Å². The molecule has 0 aliphatic rings. The van der Waals surface area contributed by atoms with E-state index in [-0.39, 0.29) is 6.04 Å². The molecule has 2 aromatic carbocycles. The fraction of sp³-hybridized carbons (Fsp3) is 0.0667. The quantitative estimate of drug-likeness (QED) is 0.769. The maximum atomic E-state index is 5.85. The minimum atomic E-state index is 0.109. The molecule has 1 atom stereocenters. The van der Waals surface area contributed by atoms with Gasteiger partial charge in [0.15, 0.2) is 0 Å². The zero-order chi connectivity index (χ0) is 12.1. The zero-order valence-corrected chi connectivity index (χ0v) is 10.2. The van der Waals surface area contributed by atoms with E-state index in [1.807, 2.05) is 48.5 Å². The Morgan fingerprint density at radius 1 is 1.00 bits per heavy atom. The Hall–Kier alpha value is -1.73. The van der Waals surface area contributed by atoms with Crippen molar-refractivity contribution in [2.45, 2.75) is 6.04 Å². The molecule has 2 rings (SSSR count). The first kappa shape index (κ1) is 11.7. The average Bonchev–Trinajstić information content (AvgIpc) is 2.39. The van der Waals surface area contributed by atoms with E-state index in [9.17, 15) is 0 Å². The summed E-state index contributed by atoms with van der Waals surface area (Å²) in [6, 6.07) is 18.0. The van der Waals surface area contributed by atoms with Gasteiger partial charge in [-0.15, -0.1) is 6.58 Å². The average molecular weight is 244 g/mol. The number of nitrogens with one attached hydrogen (secondary N) is 1. The van der Waals surface area contributed by atoms with Gasteiger partial charge < -0.3 is 5.32 Å². The van der Waals surface area contributed by atoms with Crippen LogP contribution in [0.5, 0.6) is 0 Å². The van der Waals surface area contributed by atoms with Crippen LogP contribution in [0.25, 0.3) is 0 Å². The van der Waals surface area contributed by atoms with E-state index in [2.05, 4.69) is 24.0 Å². The molecule has 1 N–H and O–H groups in total. The topological polar surface area (TPSA) is 12.0 Å². The predicted octanol–water partition coefficient (Wildman–Crippen LogP) is 4.68. The van der Waals surface area contributed by atoms with Crippen molar-refractivity contribution in [3.63, 3.8) is 0 Å². The van der Waals surface area contributed by atoms with Crippen LogP contribution in [0, 0.1) is 0 Å². The van der Waals surface area contributed by atoms with Crippen LogP contribution in [0.3, 0.4) is 0 Å². The number of hydrogen-bond acceptors (Lipinski definition) is 1. The van der Waals surface area contributed by atoms with Crippen molar-refractivity contribution in [1.29, 1.82) is 0 Å². The molecule has 0 saturated heterocycles. The maximum absolute atomic E-state index is 5.85. The molecular formula is C15H14ClN. The third kappa shape index (κ3) is 3.11. The SMILES string of the molecule is C=CC(Nc1ccc(Cl)cc1)c1ccccc1. The molecule has 17 heavy (non-hydrogen) atoms. The van der Waals surface area contributed by atoms with Crippen LogP contribution in [0.4, 0.5) is 5.69 Å². The number of hydrogen-bond donors (Lipinski definition) is 1. The van der Waals surface area contributed by atoms with Crippen molar-refractivity contribution < 1.29 is 0 Å². The smallest absolute Gasteiger partial charge is 0.0695 e. The van der Waals surface area contributed by atoms with Crippen LogP contribution in [0.1, 0.15) is 11.6 Å². The second kappa shape index (κ2) is 5.55. The molecule has 0 aliphatic heterocycles. The summed E-state index contributed by atoms with van der Waals surface area (Å²) >= 11 is 5.85. The third-order valence-corrected chi connectivity index (χ3v) is 2.81. The Bertz CT molecular complexity index is 476.